The minimum absolute atomic E-state index is 0.0877. The van der Waals surface area contributed by atoms with Crippen LogP contribution in [-0.2, 0) is 4.43 Å². The van der Waals surface area contributed by atoms with Crippen molar-refractivity contribution in [2.24, 2.45) is 23.2 Å². The highest BCUT2D eigenvalue weighted by atomic mass is 28.2. The first-order valence-electron chi connectivity index (χ1n) is 5.44. The van der Waals surface area contributed by atoms with Gasteiger partial charge in [-0.2, -0.15) is 0 Å². The van der Waals surface area contributed by atoms with Crippen LogP contribution in [0.2, 0.25) is 0 Å². The molecule has 82 valence electrons. The van der Waals surface area contributed by atoms with E-state index in [9.17, 15) is 0 Å². The molecule has 2 heteroatoms. The summed E-state index contributed by atoms with van der Waals surface area (Å²) in [4.78, 5) is 0. The van der Waals surface area contributed by atoms with Gasteiger partial charge in [0.05, 0.1) is 6.11 Å². The maximum atomic E-state index is 5.03. The first kappa shape index (κ1) is 13.6. The molecule has 0 fully saturated rings. The second-order valence-corrected chi connectivity index (χ2v) is 5.24. The smallest absolute Gasteiger partial charge is 0.219 e. The van der Waals surface area contributed by atoms with Crippen LogP contribution in [0.4, 0.5) is 0 Å². The van der Waals surface area contributed by atoms with E-state index in [0.717, 1.165) is 0 Å². The van der Waals surface area contributed by atoms with Gasteiger partial charge in [-0.25, -0.2) is 0 Å². The lowest BCUT2D eigenvalue weighted by Crippen LogP contribution is -2.37. The Morgan fingerprint density at radius 1 is 0.929 bits per heavy atom. The monoisotopic (exact) mass is 212 g/mol. The van der Waals surface area contributed by atoms with Crippen molar-refractivity contribution in [1.29, 1.82) is 0 Å². The summed E-state index contributed by atoms with van der Waals surface area (Å²) in [6.45, 7) is 13.5. The van der Waals surface area contributed by atoms with Crippen LogP contribution in [-0.4, -0.2) is 10.5 Å². The molecule has 0 N–H and O–H groups in total. The molecule has 14 heavy (non-hydrogen) atoms. The Bertz CT molecular complexity index is 198. The van der Waals surface area contributed by atoms with E-state index < -0.39 is 0 Å². The lowest BCUT2D eigenvalue weighted by Gasteiger charge is -2.40. The van der Waals surface area contributed by atoms with Crippen LogP contribution in [0.3, 0.4) is 0 Å². The van der Waals surface area contributed by atoms with Crippen molar-refractivity contribution < 1.29 is 4.43 Å². The van der Waals surface area contributed by atoms with Crippen LogP contribution in [0.1, 0.15) is 41.5 Å². The van der Waals surface area contributed by atoms with Gasteiger partial charge in [0, 0.05) is 5.41 Å². The zero-order valence-corrected chi connectivity index (χ0v) is 12.6. The van der Waals surface area contributed by atoms with Crippen molar-refractivity contribution in [2.75, 3.05) is 0 Å². The molecule has 0 heterocycles. The lowest BCUT2D eigenvalue weighted by atomic mass is 9.63. The molecule has 0 radical (unpaired) electrons. The van der Waals surface area contributed by atoms with Crippen molar-refractivity contribution in [3.8, 4) is 12.0 Å². The molecular formula is C12H24OSi. The predicted molar refractivity (Wildman–Crippen MR) is 65.7 cm³/mol. The summed E-state index contributed by atoms with van der Waals surface area (Å²) in [6.07, 6.45) is 2.84. The Morgan fingerprint density at radius 3 is 1.50 bits per heavy atom. The third-order valence-electron chi connectivity index (χ3n) is 3.24. The van der Waals surface area contributed by atoms with E-state index in [2.05, 4.69) is 53.6 Å². The van der Waals surface area contributed by atoms with Crippen molar-refractivity contribution in [3.63, 3.8) is 0 Å². The molecule has 0 aliphatic carbocycles. The van der Waals surface area contributed by atoms with Gasteiger partial charge in [0.15, 0.2) is 0 Å². The average Bonchev–Trinajstić information content (AvgIpc) is 2.03. The second kappa shape index (κ2) is 5.46. The molecule has 0 saturated carbocycles. The molecule has 0 bridgehead atoms. The highest BCUT2D eigenvalue weighted by molar-refractivity contribution is 5.98. The molecule has 0 aromatic heterocycles. The Labute approximate surface area is 92.2 Å². The topological polar surface area (TPSA) is 9.23 Å². The molecule has 0 aromatic rings. The quantitative estimate of drug-likeness (QED) is 0.515. The van der Waals surface area contributed by atoms with Crippen LogP contribution >= 0.6 is 0 Å². The standard InChI is InChI=1S/C12H24OSi/c1-9(2)12(10(3)4,11(5)6)7-8-13-14/h9-11H,1-6,14H3. The fraction of sp³-hybridized carbons (Fsp3) is 0.833. The average molecular weight is 212 g/mol. The zero-order valence-electron chi connectivity index (χ0n) is 10.6. The predicted octanol–water partition coefficient (Wildman–Crippen LogP) is 2.20. The van der Waals surface area contributed by atoms with Gasteiger partial charge in [0.2, 0.25) is 10.5 Å². The molecule has 0 saturated heterocycles. The van der Waals surface area contributed by atoms with Crippen LogP contribution in [0.15, 0.2) is 0 Å². The van der Waals surface area contributed by atoms with Crippen molar-refractivity contribution in [2.45, 2.75) is 41.5 Å². The van der Waals surface area contributed by atoms with E-state index in [1.807, 2.05) is 0 Å². The van der Waals surface area contributed by atoms with Crippen LogP contribution in [0.5, 0.6) is 0 Å². The number of rotatable bonds is 3. The molecule has 0 aromatic carbocycles. The van der Waals surface area contributed by atoms with E-state index >= 15 is 0 Å². The molecular weight excluding hydrogens is 188 g/mol. The van der Waals surface area contributed by atoms with E-state index in [1.54, 1.807) is 0 Å². The summed E-state index contributed by atoms with van der Waals surface area (Å²) in [5.74, 6) is 5.03. The maximum absolute atomic E-state index is 5.03. The molecule has 0 spiro atoms. The van der Waals surface area contributed by atoms with Gasteiger partial charge in [-0.15, -0.1) is 0 Å². The Hall–Kier alpha value is -0.423. The summed E-state index contributed by atoms with van der Waals surface area (Å²) in [5.41, 5.74) is 0.0877. The summed E-state index contributed by atoms with van der Waals surface area (Å²) in [7, 11) is 0.696. The van der Waals surface area contributed by atoms with Gasteiger partial charge in [-0.05, 0) is 17.8 Å². The third kappa shape index (κ3) is 2.54. The summed E-state index contributed by atoms with van der Waals surface area (Å²) < 4.78 is 5.03. The van der Waals surface area contributed by atoms with Crippen LogP contribution < -0.4 is 0 Å². The first-order chi connectivity index (χ1) is 6.39. The van der Waals surface area contributed by atoms with Gasteiger partial charge in [0.25, 0.3) is 0 Å². The van der Waals surface area contributed by atoms with Gasteiger partial charge in [-0.1, -0.05) is 47.5 Å². The number of hydrogen-bond donors (Lipinski definition) is 0. The van der Waals surface area contributed by atoms with Crippen molar-refractivity contribution in [3.05, 3.63) is 0 Å². The first-order valence-corrected chi connectivity index (χ1v) is 6.26. The minimum atomic E-state index is 0.0877. The van der Waals surface area contributed by atoms with Crippen LogP contribution in [0.25, 0.3) is 0 Å². The molecule has 0 amide bonds. The molecule has 0 aliphatic rings. The molecule has 0 atom stereocenters. The van der Waals surface area contributed by atoms with E-state index in [4.69, 9.17) is 4.43 Å². The second-order valence-electron chi connectivity index (χ2n) is 4.83. The molecule has 1 nitrogen and oxygen atoms in total. The van der Waals surface area contributed by atoms with E-state index in [0.29, 0.717) is 28.2 Å². The van der Waals surface area contributed by atoms with E-state index in [-0.39, 0.29) is 5.41 Å². The Morgan fingerprint density at radius 2 is 1.29 bits per heavy atom. The van der Waals surface area contributed by atoms with Gasteiger partial charge < -0.3 is 4.43 Å². The summed E-state index contributed by atoms with van der Waals surface area (Å²) in [5, 5.41) is 0. The molecule has 0 aliphatic heterocycles. The highest BCUT2D eigenvalue weighted by Crippen LogP contribution is 2.42. The third-order valence-corrected chi connectivity index (χ3v) is 3.44. The van der Waals surface area contributed by atoms with Crippen molar-refractivity contribution in [1.82, 2.24) is 0 Å². The SMILES string of the molecule is CC(C)C(C#CO[SiH3])(C(C)C)C(C)C. The highest BCUT2D eigenvalue weighted by Gasteiger charge is 2.38. The summed E-state index contributed by atoms with van der Waals surface area (Å²) >= 11 is 0. The zero-order chi connectivity index (χ0) is 11.4. The van der Waals surface area contributed by atoms with Gasteiger partial charge >= 0.3 is 0 Å². The largest absolute Gasteiger partial charge is 0.512 e. The lowest BCUT2D eigenvalue weighted by molar-refractivity contribution is 0.122. The molecule has 0 unspecified atom stereocenters. The van der Waals surface area contributed by atoms with Crippen LogP contribution in [0, 0.1) is 35.2 Å². The fourth-order valence-corrected chi connectivity index (χ4v) is 2.67. The Kier molecular flexibility index (Phi) is 5.29. The Balaban J connectivity index is 5.16. The van der Waals surface area contributed by atoms with Crippen molar-refractivity contribution >= 4 is 10.5 Å². The normalized spacial score (nSPS) is 12.1. The molecule has 0 rings (SSSR count). The minimum Gasteiger partial charge on any atom is -0.512 e. The number of hydrogen-bond acceptors (Lipinski definition) is 1. The summed E-state index contributed by atoms with van der Waals surface area (Å²) in [6, 6.07) is 0. The fourth-order valence-electron chi connectivity index (χ4n) is 2.57. The van der Waals surface area contributed by atoms with Gasteiger partial charge in [0.1, 0.15) is 0 Å². The van der Waals surface area contributed by atoms with E-state index in [1.165, 1.54) is 0 Å². The maximum Gasteiger partial charge on any atom is 0.219 e. The van der Waals surface area contributed by atoms with Gasteiger partial charge in [-0.3, -0.25) is 0 Å².